The molecule has 10 heteroatoms. The van der Waals surface area contributed by atoms with Gasteiger partial charge in [0.05, 0.1) is 9.79 Å². The summed E-state index contributed by atoms with van der Waals surface area (Å²) in [6, 6.07) is 8.08. The van der Waals surface area contributed by atoms with Crippen LogP contribution < -0.4 is 0 Å². The van der Waals surface area contributed by atoms with E-state index in [-0.39, 0.29) is 32.0 Å². The minimum Gasteiger partial charge on any atom is -0.289 e. The lowest BCUT2D eigenvalue weighted by Crippen LogP contribution is -2.38. The Morgan fingerprint density at radius 1 is 0.605 bits per heavy atom. The van der Waals surface area contributed by atoms with E-state index in [0.29, 0.717) is 38.0 Å². The number of rotatable bonds is 6. The zero-order valence-electron chi connectivity index (χ0n) is 21.9. The molecule has 5 rings (SSSR count). The maximum Gasteiger partial charge on any atom is 0.243 e. The summed E-state index contributed by atoms with van der Waals surface area (Å²) in [7, 11) is -7.61. The van der Waals surface area contributed by atoms with Gasteiger partial charge in [-0.3, -0.25) is 9.59 Å². The van der Waals surface area contributed by atoms with Crippen LogP contribution in [0.4, 0.5) is 0 Å². The van der Waals surface area contributed by atoms with Crippen LogP contribution in [0.5, 0.6) is 0 Å². The monoisotopic (exact) mass is 558 g/mol. The van der Waals surface area contributed by atoms with E-state index >= 15 is 0 Å². The lowest BCUT2D eigenvalue weighted by atomic mass is 9.84. The second-order valence-corrected chi connectivity index (χ2v) is 14.5. The fraction of sp³-hybridized carbons (Fsp3) is 0.500. The van der Waals surface area contributed by atoms with Crippen molar-refractivity contribution in [1.29, 1.82) is 0 Å². The van der Waals surface area contributed by atoms with E-state index in [0.717, 1.165) is 38.5 Å². The first-order valence-electron chi connectivity index (χ1n) is 13.5. The summed E-state index contributed by atoms with van der Waals surface area (Å²) >= 11 is 0. The Kier molecular flexibility index (Phi) is 7.36. The molecule has 1 aliphatic carbocycles. The van der Waals surface area contributed by atoms with Gasteiger partial charge in [-0.2, -0.15) is 8.61 Å². The normalized spacial score (nSPS) is 20.4. The smallest absolute Gasteiger partial charge is 0.243 e. The van der Waals surface area contributed by atoms with Crippen LogP contribution in [-0.2, 0) is 20.0 Å². The molecule has 0 aromatic heterocycles. The molecular weight excluding hydrogens is 524 g/mol. The van der Waals surface area contributed by atoms with Gasteiger partial charge in [-0.05, 0) is 73.9 Å². The van der Waals surface area contributed by atoms with Gasteiger partial charge in [0.2, 0.25) is 20.0 Å². The third-order valence-corrected chi connectivity index (χ3v) is 12.3. The Morgan fingerprint density at radius 2 is 0.947 bits per heavy atom. The number of carbonyl (C=O) groups is 2. The Morgan fingerprint density at radius 3 is 1.26 bits per heavy atom. The van der Waals surface area contributed by atoms with Crippen LogP contribution in [-0.4, -0.2) is 63.2 Å². The summed E-state index contributed by atoms with van der Waals surface area (Å²) in [6.07, 6.45) is 5.23. The number of ketones is 2. The Bertz CT molecular complexity index is 1370. The summed E-state index contributed by atoms with van der Waals surface area (Å²) in [5.41, 5.74) is 0.238. The number of benzene rings is 2. The van der Waals surface area contributed by atoms with Crippen molar-refractivity contribution in [2.24, 2.45) is 11.8 Å². The van der Waals surface area contributed by atoms with E-state index in [1.807, 2.05) is 0 Å². The lowest BCUT2D eigenvalue weighted by Gasteiger charge is -2.31. The zero-order chi connectivity index (χ0) is 27.2. The average molecular weight is 559 g/mol. The van der Waals surface area contributed by atoms with Crippen molar-refractivity contribution in [3.63, 3.8) is 0 Å². The molecule has 0 atom stereocenters. The lowest BCUT2D eigenvalue weighted by molar-refractivity contribution is 0.0978. The third-order valence-electron chi connectivity index (χ3n) is 8.54. The number of nitrogens with zero attached hydrogens (tertiary/aromatic N) is 2. The summed E-state index contributed by atoms with van der Waals surface area (Å²) in [5, 5.41) is 0. The predicted octanol–water partition coefficient (Wildman–Crippen LogP) is 4.08. The fourth-order valence-electron chi connectivity index (χ4n) is 5.84. The van der Waals surface area contributed by atoms with E-state index in [1.165, 1.54) is 45.0 Å². The van der Waals surface area contributed by atoms with Crippen molar-refractivity contribution in [2.45, 2.75) is 62.2 Å². The molecule has 8 nitrogen and oxygen atoms in total. The number of hydrogen-bond donors (Lipinski definition) is 0. The molecule has 0 unspecified atom stereocenters. The Labute approximate surface area is 225 Å². The van der Waals surface area contributed by atoms with Crippen LogP contribution in [0.25, 0.3) is 0 Å². The van der Waals surface area contributed by atoms with E-state index < -0.39 is 31.6 Å². The van der Waals surface area contributed by atoms with Crippen molar-refractivity contribution >= 4 is 31.6 Å². The van der Waals surface area contributed by atoms with Gasteiger partial charge in [0.15, 0.2) is 11.6 Å². The largest absolute Gasteiger partial charge is 0.289 e. The van der Waals surface area contributed by atoms with Crippen molar-refractivity contribution in [1.82, 2.24) is 8.61 Å². The molecule has 0 spiro atoms. The summed E-state index contributed by atoms with van der Waals surface area (Å²) in [5.74, 6) is 0.0585. The molecular formula is C28H34N2O6S2. The van der Waals surface area contributed by atoms with Gasteiger partial charge in [-0.15, -0.1) is 0 Å². The maximum absolute atomic E-state index is 13.4. The molecule has 2 aliphatic heterocycles. The molecule has 3 aliphatic rings. The first-order valence-corrected chi connectivity index (χ1v) is 16.3. The quantitative estimate of drug-likeness (QED) is 0.451. The molecule has 2 fully saturated rings. The molecule has 2 saturated heterocycles. The van der Waals surface area contributed by atoms with Crippen LogP contribution in [0.3, 0.4) is 0 Å². The number of sulfonamides is 2. The maximum atomic E-state index is 13.4. The standard InChI is InChI=1S/C28H34N2O6S2/c1-3-19-9-13-29(14-10-19)37(33,34)21-5-7-23-25(17-21)27(31)24-8-6-22(18-26(24)28(23)32)38(35,36)30-15-11-20(4-2)12-16-30/h5-8,17-20H,3-4,9-16H2,1-2H3. The first kappa shape index (κ1) is 27.2. The van der Waals surface area contributed by atoms with Crippen LogP contribution in [0.15, 0.2) is 46.2 Å². The second-order valence-electron chi connectivity index (χ2n) is 10.6. The Balaban J connectivity index is 1.43. The van der Waals surface area contributed by atoms with Crippen molar-refractivity contribution in [2.75, 3.05) is 26.2 Å². The minimum absolute atomic E-state index is 0.00882. The molecule has 2 aromatic carbocycles. The van der Waals surface area contributed by atoms with Gasteiger partial charge < -0.3 is 0 Å². The molecule has 38 heavy (non-hydrogen) atoms. The molecule has 0 N–H and O–H groups in total. The van der Waals surface area contributed by atoms with Crippen LogP contribution in [0.1, 0.15) is 84.2 Å². The highest BCUT2D eigenvalue weighted by Crippen LogP contribution is 2.33. The van der Waals surface area contributed by atoms with Gasteiger partial charge in [-0.25, -0.2) is 16.8 Å². The molecule has 0 saturated carbocycles. The average Bonchev–Trinajstić information content (AvgIpc) is 2.95. The summed E-state index contributed by atoms with van der Waals surface area (Å²) in [4.78, 5) is 26.8. The van der Waals surface area contributed by atoms with E-state index in [4.69, 9.17) is 0 Å². The summed E-state index contributed by atoms with van der Waals surface area (Å²) < 4.78 is 56.1. The van der Waals surface area contributed by atoms with Gasteiger partial charge in [-0.1, -0.05) is 26.7 Å². The van der Waals surface area contributed by atoms with E-state index in [9.17, 15) is 26.4 Å². The summed E-state index contributed by atoms with van der Waals surface area (Å²) in [6.45, 7) is 5.93. The molecule has 0 radical (unpaired) electrons. The van der Waals surface area contributed by atoms with Gasteiger partial charge in [0, 0.05) is 48.4 Å². The number of hydrogen-bond acceptors (Lipinski definition) is 6. The topological polar surface area (TPSA) is 109 Å². The molecule has 0 amide bonds. The number of carbonyl (C=O) groups excluding carboxylic acids is 2. The molecule has 2 heterocycles. The second kappa shape index (κ2) is 10.3. The highest BCUT2D eigenvalue weighted by molar-refractivity contribution is 7.89. The Hall–Kier alpha value is -2.40. The van der Waals surface area contributed by atoms with Crippen molar-refractivity contribution in [3.05, 3.63) is 58.7 Å². The van der Waals surface area contributed by atoms with E-state index in [1.54, 1.807) is 0 Å². The van der Waals surface area contributed by atoms with Crippen molar-refractivity contribution < 1.29 is 26.4 Å². The van der Waals surface area contributed by atoms with Crippen molar-refractivity contribution in [3.8, 4) is 0 Å². The number of fused-ring (bicyclic) bond motifs is 2. The minimum atomic E-state index is -3.80. The van der Waals surface area contributed by atoms with Crippen LogP contribution in [0.2, 0.25) is 0 Å². The molecule has 204 valence electrons. The van der Waals surface area contributed by atoms with Gasteiger partial charge in [0.1, 0.15) is 0 Å². The fourth-order valence-corrected chi connectivity index (χ4v) is 8.84. The highest BCUT2D eigenvalue weighted by Gasteiger charge is 2.36. The van der Waals surface area contributed by atoms with E-state index in [2.05, 4.69) is 13.8 Å². The number of piperidine rings is 2. The SMILES string of the molecule is CCC1CCN(S(=O)(=O)c2ccc3c(c2)C(=O)c2ccc(S(=O)(=O)N4CCC(CC)CC4)cc2C3=O)CC1. The predicted molar refractivity (Wildman–Crippen MR) is 143 cm³/mol. The van der Waals surface area contributed by atoms with Crippen LogP contribution in [0, 0.1) is 11.8 Å². The molecule has 0 bridgehead atoms. The van der Waals surface area contributed by atoms with Gasteiger partial charge >= 0.3 is 0 Å². The highest BCUT2D eigenvalue weighted by atomic mass is 32.2. The first-order chi connectivity index (χ1) is 18.1. The third kappa shape index (κ3) is 4.65. The molecule has 2 aromatic rings. The zero-order valence-corrected chi connectivity index (χ0v) is 23.5. The van der Waals surface area contributed by atoms with Crippen LogP contribution >= 0.6 is 0 Å². The van der Waals surface area contributed by atoms with Gasteiger partial charge in [0.25, 0.3) is 0 Å².